The van der Waals surface area contributed by atoms with Gasteiger partial charge in [-0.2, -0.15) is 5.26 Å². The van der Waals surface area contributed by atoms with E-state index in [1.165, 1.54) is 4.90 Å². The van der Waals surface area contributed by atoms with E-state index in [9.17, 15) is 9.18 Å². The summed E-state index contributed by atoms with van der Waals surface area (Å²) >= 11 is 0. The number of anilines is 1. The predicted molar refractivity (Wildman–Crippen MR) is 57.6 cm³/mol. The Balaban J connectivity index is 2.28. The molecule has 1 saturated heterocycles. The number of amides is 1. The van der Waals surface area contributed by atoms with E-state index in [4.69, 9.17) is 5.26 Å². The monoisotopic (exact) mass is 218 g/mol. The number of halogens is 1. The van der Waals surface area contributed by atoms with E-state index < -0.39 is 6.67 Å². The number of hydrogen-bond acceptors (Lipinski definition) is 2. The first-order chi connectivity index (χ1) is 7.76. The Labute approximate surface area is 93.1 Å². The van der Waals surface area contributed by atoms with Gasteiger partial charge in [0, 0.05) is 12.1 Å². The minimum Gasteiger partial charge on any atom is -0.307 e. The average Bonchev–Trinajstić information content (AvgIpc) is 2.70. The Morgan fingerprint density at radius 2 is 2.12 bits per heavy atom. The Morgan fingerprint density at radius 3 is 2.69 bits per heavy atom. The van der Waals surface area contributed by atoms with Crippen molar-refractivity contribution in [3.05, 3.63) is 29.8 Å². The van der Waals surface area contributed by atoms with Crippen molar-refractivity contribution in [1.29, 1.82) is 5.26 Å². The van der Waals surface area contributed by atoms with Gasteiger partial charge in [-0.3, -0.25) is 4.79 Å². The van der Waals surface area contributed by atoms with Crippen molar-refractivity contribution in [2.24, 2.45) is 0 Å². The number of hydrogen-bond donors (Lipinski definition) is 0. The zero-order valence-electron chi connectivity index (χ0n) is 8.69. The Morgan fingerprint density at radius 1 is 1.44 bits per heavy atom. The van der Waals surface area contributed by atoms with Crippen molar-refractivity contribution in [2.45, 2.75) is 18.9 Å². The highest BCUT2D eigenvalue weighted by molar-refractivity contribution is 5.96. The van der Waals surface area contributed by atoms with E-state index in [2.05, 4.69) is 0 Å². The second kappa shape index (κ2) is 4.31. The first kappa shape index (κ1) is 10.6. The number of nitriles is 1. The van der Waals surface area contributed by atoms with Gasteiger partial charge in [-0.25, -0.2) is 4.39 Å². The molecule has 16 heavy (non-hydrogen) atoms. The van der Waals surface area contributed by atoms with Gasteiger partial charge in [-0.15, -0.1) is 0 Å². The van der Waals surface area contributed by atoms with Gasteiger partial charge in [0.25, 0.3) is 0 Å². The molecule has 0 radical (unpaired) electrons. The van der Waals surface area contributed by atoms with Crippen molar-refractivity contribution in [3.8, 4) is 6.07 Å². The van der Waals surface area contributed by atoms with Crippen LogP contribution >= 0.6 is 0 Å². The molecule has 1 aromatic carbocycles. The molecule has 0 aliphatic carbocycles. The van der Waals surface area contributed by atoms with Crippen LogP contribution in [0.2, 0.25) is 0 Å². The summed E-state index contributed by atoms with van der Waals surface area (Å²) in [5.74, 6) is -0.0487. The fraction of sp³-hybridized carbons (Fsp3) is 0.333. The molecule has 0 N–H and O–H groups in total. The molecule has 3 nitrogen and oxygen atoms in total. The standard InChI is InChI=1S/C12H11FN2O/c13-7-11-5-6-12(16)15(11)10-3-1-9(8-14)2-4-10/h1-4,11H,5-7H2/t11-/m1/s1. The zero-order chi connectivity index (χ0) is 11.5. The number of carbonyl (C=O) groups excluding carboxylic acids is 1. The van der Waals surface area contributed by atoms with E-state index in [0.29, 0.717) is 24.1 Å². The Hall–Kier alpha value is -1.89. The highest BCUT2D eigenvalue weighted by Gasteiger charge is 2.31. The minimum atomic E-state index is -0.522. The third-order valence-electron chi connectivity index (χ3n) is 2.78. The average molecular weight is 218 g/mol. The van der Waals surface area contributed by atoms with Crippen LogP contribution in [-0.2, 0) is 4.79 Å². The maximum absolute atomic E-state index is 12.7. The Kier molecular flexibility index (Phi) is 2.86. The van der Waals surface area contributed by atoms with Crippen LogP contribution in [0.5, 0.6) is 0 Å². The van der Waals surface area contributed by atoms with E-state index in [0.717, 1.165) is 0 Å². The molecule has 4 heteroatoms. The largest absolute Gasteiger partial charge is 0.307 e. The summed E-state index contributed by atoms with van der Waals surface area (Å²) < 4.78 is 12.7. The molecule has 2 rings (SSSR count). The molecule has 1 heterocycles. The summed E-state index contributed by atoms with van der Waals surface area (Å²) in [6, 6.07) is 8.30. The maximum Gasteiger partial charge on any atom is 0.227 e. The lowest BCUT2D eigenvalue weighted by Gasteiger charge is -2.22. The molecule has 1 fully saturated rings. The fourth-order valence-corrected chi connectivity index (χ4v) is 1.94. The second-order valence-corrected chi connectivity index (χ2v) is 3.77. The predicted octanol–water partition coefficient (Wildman–Crippen LogP) is 2.02. The lowest BCUT2D eigenvalue weighted by Crippen LogP contribution is -2.34. The van der Waals surface area contributed by atoms with Crippen LogP contribution in [0, 0.1) is 11.3 Å². The topological polar surface area (TPSA) is 44.1 Å². The van der Waals surface area contributed by atoms with Gasteiger partial charge in [-0.05, 0) is 30.7 Å². The molecule has 1 aliphatic rings. The smallest absolute Gasteiger partial charge is 0.227 e. The SMILES string of the molecule is N#Cc1ccc(N2C(=O)CC[C@@H]2CF)cc1. The van der Waals surface area contributed by atoms with Gasteiger partial charge in [0.1, 0.15) is 6.67 Å². The minimum absolute atomic E-state index is 0.0487. The molecule has 0 aromatic heterocycles. The van der Waals surface area contributed by atoms with Gasteiger partial charge < -0.3 is 4.90 Å². The van der Waals surface area contributed by atoms with Crippen LogP contribution in [0.3, 0.4) is 0 Å². The highest BCUT2D eigenvalue weighted by atomic mass is 19.1. The van der Waals surface area contributed by atoms with Crippen molar-refractivity contribution >= 4 is 11.6 Å². The van der Waals surface area contributed by atoms with Gasteiger partial charge in [0.05, 0.1) is 17.7 Å². The first-order valence-electron chi connectivity index (χ1n) is 5.14. The highest BCUT2D eigenvalue weighted by Crippen LogP contribution is 2.26. The molecule has 0 spiro atoms. The van der Waals surface area contributed by atoms with Crippen molar-refractivity contribution in [1.82, 2.24) is 0 Å². The van der Waals surface area contributed by atoms with Gasteiger partial charge in [0.2, 0.25) is 5.91 Å². The van der Waals surface area contributed by atoms with Crippen molar-refractivity contribution in [2.75, 3.05) is 11.6 Å². The molecule has 1 atom stereocenters. The van der Waals surface area contributed by atoms with Crippen LogP contribution in [0.15, 0.2) is 24.3 Å². The quantitative estimate of drug-likeness (QED) is 0.762. The first-order valence-corrected chi connectivity index (χ1v) is 5.14. The molecule has 0 unspecified atom stereocenters. The summed E-state index contributed by atoms with van der Waals surface area (Å²) in [6.45, 7) is -0.522. The third-order valence-corrected chi connectivity index (χ3v) is 2.78. The van der Waals surface area contributed by atoms with E-state index in [1.54, 1.807) is 24.3 Å². The second-order valence-electron chi connectivity index (χ2n) is 3.77. The van der Waals surface area contributed by atoms with Crippen LogP contribution in [0.4, 0.5) is 10.1 Å². The fourth-order valence-electron chi connectivity index (χ4n) is 1.94. The molecular weight excluding hydrogens is 207 g/mol. The van der Waals surface area contributed by atoms with E-state index in [1.807, 2.05) is 6.07 Å². The molecule has 1 aromatic rings. The summed E-state index contributed by atoms with van der Waals surface area (Å²) in [4.78, 5) is 13.1. The maximum atomic E-state index is 12.7. The summed E-state index contributed by atoms with van der Waals surface area (Å²) in [6.07, 6.45) is 0.962. The third kappa shape index (κ3) is 1.76. The summed E-state index contributed by atoms with van der Waals surface area (Å²) in [7, 11) is 0. The Bertz CT molecular complexity index is 435. The number of alkyl halides is 1. The number of nitrogens with zero attached hydrogens (tertiary/aromatic N) is 2. The van der Waals surface area contributed by atoms with Gasteiger partial charge in [-0.1, -0.05) is 0 Å². The molecule has 0 saturated carbocycles. The normalized spacial score (nSPS) is 19.9. The number of rotatable bonds is 2. The van der Waals surface area contributed by atoms with Crippen LogP contribution < -0.4 is 4.90 Å². The van der Waals surface area contributed by atoms with Gasteiger partial charge in [0.15, 0.2) is 0 Å². The molecule has 1 aliphatic heterocycles. The van der Waals surface area contributed by atoms with Crippen molar-refractivity contribution in [3.63, 3.8) is 0 Å². The number of benzene rings is 1. The van der Waals surface area contributed by atoms with Gasteiger partial charge >= 0.3 is 0 Å². The lowest BCUT2D eigenvalue weighted by molar-refractivity contribution is -0.117. The number of carbonyl (C=O) groups is 1. The van der Waals surface area contributed by atoms with E-state index in [-0.39, 0.29) is 11.9 Å². The zero-order valence-corrected chi connectivity index (χ0v) is 8.69. The van der Waals surface area contributed by atoms with Crippen LogP contribution in [0.1, 0.15) is 18.4 Å². The summed E-state index contributed by atoms with van der Waals surface area (Å²) in [5.41, 5.74) is 1.20. The molecular formula is C12H11FN2O. The van der Waals surface area contributed by atoms with Crippen molar-refractivity contribution < 1.29 is 9.18 Å². The molecule has 0 bridgehead atoms. The molecule has 82 valence electrons. The van der Waals surface area contributed by atoms with Crippen LogP contribution in [0.25, 0.3) is 0 Å². The lowest BCUT2D eigenvalue weighted by atomic mass is 10.2. The van der Waals surface area contributed by atoms with E-state index >= 15 is 0 Å². The molecule has 1 amide bonds. The summed E-state index contributed by atoms with van der Waals surface area (Å²) in [5, 5.41) is 8.65. The van der Waals surface area contributed by atoms with Crippen LogP contribution in [-0.4, -0.2) is 18.6 Å².